The first-order valence-electron chi connectivity index (χ1n) is 6.28. The van der Waals surface area contributed by atoms with Gasteiger partial charge in [-0.25, -0.2) is 0 Å². The van der Waals surface area contributed by atoms with Gasteiger partial charge in [0.15, 0.2) is 11.5 Å². The Hall–Kier alpha value is -1.69. The number of aromatic nitrogens is 4. The molecule has 0 aromatic carbocycles. The van der Waals surface area contributed by atoms with Crippen molar-refractivity contribution in [2.24, 2.45) is 0 Å². The van der Waals surface area contributed by atoms with Crippen molar-refractivity contribution in [1.29, 1.82) is 0 Å². The normalized spacial score (nSPS) is 24.1. The number of nitrogens with zero attached hydrogens (tertiary/aromatic N) is 5. The zero-order chi connectivity index (χ0) is 12.8. The number of aryl methyl sites for hydroxylation is 1. The zero-order valence-corrected chi connectivity index (χ0v) is 10.7. The fourth-order valence-corrected chi connectivity index (χ4v) is 2.35. The van der Waals surface area contributed by atoms with Crippen LogP contribution in [0.5, 0.6) is 0 Å². The number of hydrogen-bond donors (Lipinski definition) is 1. The van der Waals surface area contributed by atoms with Crippen LogP contribution in [-0.4, -0.2) is 43.6 Å². The molecule has 2 aromatic heterocycles. The second kappa shape index (κ2) is 3.91. The Morgan fingerprint density at radius 1 is 1.39 bits per heavy atom. The average Bonchev–Trinajstić information content (AvgIpc) is 2.91. The Labute approximate surface area is 105 Å². The highest BCUT2D eigenvalue weighted by atomic mass is 16.3. The van der Waals surface area contributed by atoms with E-state index in [-0.39, 0.29) is 0 Å². The third-order valence-corrected chi connectivity index (χ3v) is 3.41. The Bertz CT molecular complexity index is 577. The molecule has 1 fully saturated rings. The van der Waals surface area contributed by atoms with Crippen molar-refractivity contribution in [3.63, 3.8) is 0 Å². The van der Waals surface area contributed by atoms with Crippen LogP contribution in [0.2, 0.25) is 0 Å². The summed E-state index contributed by atoms with van der Waals surface area (Å²) in [7, 11) is 0. The molecule has 6 nitrogen and oxygen atoms in total. The molecule has 2 aromatic rings. The number of fused-ring (bicyclic) bond motifs is 1. The molecule has 18 heavy (non-hydrogen) atoms. The highest BCUT2D eigenvalue weighted by Gasteiger charge is 2.32. The quantitative estimate of drug-likeness (QED) is 0.844. The van der Waals surface area contributed by atoms with E-state index in [0.29, 0.717) is 6.54 Å². The summed E-state index contributed by atoms with van der Waals surface area (Å²) in [6.45, 7) is 5.34. The summed E-state index contributed by atoms with van der Waals surface area (Å²) in [4.78, 5) is 2.10. The van der Waals surface area contributed by atoms with E-state index in [4.69, 9.17) is 0 Å². The van der Waals surface area contributed by atoms with E-state index in [1.54, 1.807) is 4.52 Å². The lowest BCUT2D eigenvalue weighted by atomic mass is 10.1. The smallest absolute Gasteiger partial charge is 0.178 e. The van der Waals surface area contributed by atoms with Crippen LogP contribution in [0.15, 0.2) is 12.1 Å². The van der Waals surface area contributed by atoms with Gasteiger partial charge in [0.05, 0.1) is 5.60 Å². The van der Waals surface area contributed by atoms with Crippen LogP contribution in [0, 0.1) is 0 Å². The van der Waals surface area contributed by atoms with Crippen molar-refractivity contribution < 1.29 is 5.11 Å². The molecule has 1 N–H and O–H groups in total. The molecule has 1 unspecified atom stereocenters. The number of aliphatic hydroxyl groups is 1. The predicted octanol–water partition coefficient (Wildman–Crippen LogP) is 0.648. The molecule has 1 saturated heterocycles. The van der Waals surface area contributed by atoms with Gasteiger partial charge in [0.25, 0.3) is 0 Å². The third-order valence-electron chi connectivity index (χ3n) is 3.41. The minimum atomic E-state index is -0.614. The Morgan fingerprint density at radius 2 is 2.22 bits per heavy atom. The molecule has 1 aliphatic heterocycles. The van der Waals surface area contributed by atoms with Gasteiger partial charge in [0, 0.05) is 19.5 Å². The highest BCUT2D eigenvalue weighted by molar-refractivity contribution is 5.46. The molecular weight excluding hydrogens is 230 g/mol. The van der Waals surface area contributed by atoms with Crippen LogP contribution in [0.3, 0.4) is 0 Å². The third kappa shape index (κ3) is 1.82. The summed E-state index contributed by atoms with van der Waals surface area (Å²) in [6.07, 6.45) is 1.57. The summed E-state index contributed by atoms with van der Waals surface area (Å²) in [5.74, 6) is 1.73. The van der Waals surface area contributed by atoms with Crippen LogP contribution in [0.4, 0.5) is 5.82 Å². The van der Waals surface area contributed by atoms with Gasteiger partial charge < -0.3 is 10.0 Å². The number of anilines is 1. The Kier molecular flexibility index (Phi) is 2.48. The molecule has 0 radical (unpaired) electrons. The van der Waals surface area contributed by atoms with Gasteiger partial charge in [0.2, 0.25) is 0 Å². The summed E-state index contributed by atoms with van der Waals surface area (Å²) in [6, 6.07) is 3.85. The van der Waals surface area contributed by atoms with E-state index in [9.17, 15) is 5.11 Å². The lowest BCUT2D eigenvalue weighted by molar-refractivity contribution is 0.0839. The zero-order valence-electron chi connectivity index (χ0n) is 10.7. The van der Waals surface area contributed by atoms with Gasteiger partial charge in [-0.05, 0) is 25.5 Å². The molecule has 96 valence electrons. The van der Waals surface area contributed by atoms with Crippen LogP contribution in [0.25, 0.3) is 5.65 Å². The van der Waals surface area contributed by atoms with E-state index < -0.39 is 5.60 Å². The molecule has 0 spiro atoms. The van der Waals surface area contributed by atoms with Gasteiger partial charge >= 0.3 is 0 Å². The lowest BCUT2D eigenvalue weighted by Crippen LogP contribution is -2.30. The van der Waals surface area contributed by atoms with E-state index in [1.165, 1.54) is 0 Å². The minimum Gasteiger partial charge on any atom is -0.388 e. The summed E-state index contributed by atoms with van der Waals surface area (Å²) < 4.78 is 1.78. The molecule has 0 aliphatic carbocycles. The largest absolute Gasteiger partial charge is 0.388 e. The maximum absolute atomic E-state index is 10.00. The maximum atomic E-state index is 10.00. The van der Waals surface area contributed by atoms with Crippen molar-refractivity contribution in [2.75, 3.05) is 18.0 Å². The fourth-order valence-electron chi connectivity index (χ4n) is 2.35. The number of rotatable bonds is 2. The van der Waals surface area contributed by atoms with Crippen LogP contribution >= 0.6 is 0 Å². The molecule has 0 saturated carbocycles. The average molecular weight is 247 g/mol. The SMILES string of the molecule is CCc1nnc2ccc(N3CCC(C)(O)C3)nn12. The van der Waals surface area contributed by atoms with E-state index in [1.807, 2.05) is 26.0 Å². The molecule has 0 amide bonds. The Balaban J connectivity index is 1.98. The van der Waals surface area contributed by atoms with Gasteiger partial charge in [0.1, 0.15) is 5.82 Å². The van der Waals surface area contributed by atoms with Crippen molar-refractivity contribution in [3.05, 3.63) is 18.0 Å². The van der Waals surface area contributed by atoms with E-state index in [2.05, 4.69) is 20.2 Å². The Morgan fingerprint density at radius 3 is 2.89 bits per heavy atom. The molecular formula is C12H17N5O. The number of β-amino-alcohol motifs (C(OH)–C–C–N with tert-alkyl or cyclic N) is 1. The van der Waals surface area contributed by atoms with Crippen LogP contribution in [0.1, 0.15) is 26.1 Å². The van der Waals surface area contributed by atoms with Crippen molar-refractivity contribution in [2.45, 2.75) is 32.3 Å². The fraction of sp³-hybridized carbons (Fsp3) is 0.583. The molecule has 3 rings (SSSR count). The topological polar surface area (TPSA) is 66.5 Å². The standard InChI is InChI=1S/C12H17N5O/c1-3-9-13-14-10-4-5-11(15-17(9)10)16-7-6-12(2,18)8-16/h4-5,18H,3,6-8H2,1-2H3. The second-order valence-electron chi connectivity index (χ2n) is 5.10. The van der Waals surface area contributed by atoms with Gasteiger partial charge in [-0.3, -0.25) is 0 Å². The molecule has 6 heteroatoms. The lowest BCUT2D eigenvalue weighted by Gasteiger charge is -2.19. The van der Waals surface area contributed by atoms with Gasteiger partial charge in [-0.1, -0.05) is 6.92 Å². The summed E-state index contributed by atoms with van der Waals surface area (Å²) >= 11 is 0. The molecule has 0 bridgehead atoms. The monoisotopic (exact) mass is 247 g/mol. The van der Waals surface area contributed by atoms with Crippen molar-refractivity contribution >= 4 is 11.5 Å². The molecule has 1 aliphatic rings. The van der Waals surface area contributed by atoms with Crippen LogP contribution < -0.4 is 4.90 Å². The van der Waals surface area contributed by atoms with Gasteiger partial charge in [-0.2, -0.15) is 4.52 Å². The maximum Gasteiger partial charge on any atom is 0.178 e. The van der Waals surface area contributed by atoms with E-state index in [0.717, 1.165) is 36.7 Å². The first-order chi connectivity index (χ1) is 8.59. The van der Waals surface area contributed by atoms with Gasteiger partial charge in [-0.15, -0.1) is 15.3 Å². The minimum absolute atomic E-state index is 0.614. The first kappa shape index (κ1) is 11.4. The molecule has 3 heterocycles. The number of hydrogen-bond acceptors (Lipinski definition) is 5. The van der Waals surface area contributed by atoms with Crippen molar-refractivity contribution in [3.8, 4) is 0 Å². The second-order valence-corrected chi connectivity index (χ2v) is 5.10. The first-order valence-corrected chi connectivity index (χ1v) is 6.28. The van der Waals surface area contributed by atoms with Crippen molar-refractivity contribution in [1.82, 2.24) is 19.8 Å². The summed E-state index contributed by atoms with van der Waals surface area (Å²) in [5.41, 5.74) is 0.152. The summed E-state index contributed by atoms with van der Waals surface area (Å²) in [5, 5.41) is 22.7. The molecule has 1 atom stereocenters. The van der Waals surface area contributed by atoms with Crippen LogP contribution in [-0.2, 0) is 6.42 Å². The predicted molar refractivity (Wildman–Crippen MR) is 67.6 cm³/mol. The van der Waals surface area contributed by atoms with E-state index >= 15 is 0 Å². The highest BCUT2D eigenvalue weighted by Crippen LogP contribution is 2.24.